The van der Waals surface area contributed by atoms with Crippen molar-refractivity contribution in [2.75, 3.05) is 5.43 Å². The minimum absolute atomic E-state index is 0.0260. The molecule has 5 rings (SSSR count). The Hall–Kier alpha value is -5.12. The quantitative estimate of drug-likeness (QED) is 0.275. The third kappa shape index (κ3) is 4.27. The Labute approximate surface area is 199 Å². The van der Waals surface area contributed by atoms with Crippen molar-refractivity contribution in [2.45, 2.75) is 5.92 Å². The molecule has 0 saturated heterocycles. The number of hydrogen-bond donors (Lipinski definition) is 2. The molecule has 0 aliphatic heterocycles. The number of amides is 1. The first-order valence-electron chi connectivity index (χ1n) is 10.7. The van der Waals surface area contributed by atoms with Crippen molar-refractivity contribution in [1.82, 2.24) is 24.9 Å². The van der Waals surface area contributed by atoms with Crippen LogP contribution >= 0.6 is 0 Å². The summed E-state index contributed by atoms with van der Waals surface area (Å²) < 4.78 is 1.51. The highest BCUT2D eigenvalue weighted by Crippen LogP contribution is 2.30. The van der Waals surface area contributed by atoms with Crippen LogP contribution in [0.1, 0.15) is 17.0 Å². The van der Waals surface area contributed by atoms with E-state index < -0.39 is 22.4 Å². The van der Waals surface area contributed by atoms with Gasteiger partial charge in [0.15, 0.2) is 0 Å². The number of carbonyl (C=O) groups is 1. The Kier molecular flexibility index (Phi) is 5.83. The number of fused-ring (bicyclic) bond motifs is 1. The van der Waals surface area contributed by atoms with Gasteiger partial charge in [0.25, 0.3) is 0 Å². The Morgan fingerprint density at radius 3 is 2.14 bits per heavy atom. The number of aromatic nitrogens is 4. The molecular weight excluding hydrogens is 446 g/mol. The fourth-order valence-electron chi connectivity index (χ4n) is 3.91. The Balaban J connectivity index is 1.48. The number of nitrogens with one attached hydrogen (secondary N) is 2. The number of nitrogens with zero attached hydrogens (tertiary/aromatic N) is 5. The van der Waals surface area contributed by atoms with E-state index in [0.717, 1.165) is 11.1 Å². The van der Waals surface area contributed by atoms with E-state index in [4.69, 9.17) is 0 Å². The number of benzene rings is 3. The van der Waals surface area contributed by atoms with Gasteiger partial charge in [-0.3, -0.25) is 30.3 Å². The molecule has 1 amide bonds. The van der Waals surface area contributed by atoms with E-state index in [2.05, 4.69) is 25.8 Å². The molecule has 35 heavy (non-hydrogen) atoms. The average molecular weight is 465 g/mol. The maximum Gasteiger partial charge on any atom is 0.355 e. The largest absolute Gasteiger partial charge is 0.355 e. The molecular formula is C25H19N7O3. The first-order valence-corrected chi connectivity index (χ1v) is 10.7. The molecule has 172 valence electrons. The van der Waals surface area contributed by atoms with Crippen LogP contribution < -0.4 is 10.9 Å². The molecule has 0 atom stereocenters. The van der Waals surface area contributed by atoms with E-state index in [9.17, 15) is 14.9 Å². The van der Waals surface area contributed by atoms with Gasteiger partial charge < -0.3 is 0 Å². The van der Waals surface area contributed by atoms with E-state index in [1.165, 1.54) is 17.2 Å². The third-order valence-electron chi connectivity index (χ3n) is 5.50. The van der Waals surface area contributed by atoms with Gasteiger partial charge >= 0.3 is 5.69 Å². The molecule has 0 aliphatic carbocycles. The van der Waals surface area contributed by atoms with Crippen molar-refractivity contribution in [1.29, 1.82) is 0 Å². The first kappa shape index (κ1) is 21.7. The van der Waals surface area contributed by atoms with Crippen molar-refractivity contribution in [2.24, 2.45) is 0 Å². The lowest BCUT2D eigenvalue weighted by Gasteiger charge is -2.18. The second-order valence-electron chi connectivity index (χ2n) is 7.62. The summed E-state index contributed by atoms with van der Waals surface area (Å²) in [4.78, 5) is 37.1. The highest BCUT2D eigenvalue weighted by atomic mass is 16.6. The van der Waals surface area contributed by atoms with Crippen LogP contribution in [0.4, 0.5) is 11.5 Å². The zero-order valence-corrected chi connectivity index (χ0v) is 18.3. The molecule has 2 aromatic heterocycles. The lowest BCUT2D eigenvalue weighted by atomic mass is 9.91. The van der Waals surface area contributed by atoms with E-state index in [-0.39, 0.29) is 11.6 Å². The summed E-state index contributed by atoms with van der Waals surface area (Å²) in [6.45, 7) is 0. The third-order valence-corrected chi connectivity index (χ3v) is 5.50. The van der Waals surface area contributed by atoms with Gasteiger partial charge in [-0.1, -0.05) is 72.8 Å². The van der Waals surface area contributed by atoms with Gasteiger partial charge in [-0.15, -0.1) is 0 Å². The molecule has 0 fully saturated rings. The number of imidazole rings is 1. The Bertz CT molecular complexity index is 1460. The van der Waals surface area contributed by atoms with Gasteiger partial charge in [0.1, 0.15) is 12.7 Å². The second-order valence-corrected chi connectivity index (χ2v) is 7.62. The fourth-order valence-corrected chi connectivity index (χ4v) is 3.91. The summed E-state index contributed by atoms with van der Waals surface area (Å²) in [6.07, 6.45) is 2.65. The molecule has 0 bridgehead atoms. The number of carbonyl (C=O) groups excluding carboxylic acids is 1. The molecule has 10 nitrogen and oxygen atoms in total. The molecule has 0 unspecified atom stereocenters. The summed E-state index contributed by atoms with van der Waals surface area (Å²) in [5.41, 5.74) is 7.71. The molecule has 0 radical (unpaired) electrons. The van der Waals surface area contributed by atoms with Crippen LogP contribution in [-0.4, -0.2) is 30.3 Å². The van der Waals surface area contributed by atoms with Crippen molar-refractivity contribution >= 4 is 28.4 Å². The van der Waals surface area contributed by atoms with E-state index >= 15 is 0 Å². The maximum atomic E-state index is 13.3. The lowest BCUT2D eigenvalue weighted by molar-refractivity contribution is -0.384. The summed E-state index contributed by atoms with van der Waals surface area (Å²) >= 11 is 0. The molecule has 0 spiro atoms. The van der Waals surface area contributed by atoms with Crippen molar-refractivity contribution in [3.8, 4) is 5.82 Å². The molecule has 0 saturated carbocycles. The van der Waals surface area contributed by atoms with E-state index in [0.29, 0.717) is 11.0 Å². The monoisotopic (exact) mass is 465 g/mol. The Morgan fingerprint density at radius 1 is 0.857 bits per heavy atom. The smallest absolute Gasteiger partial charge is 0.277 e. The number of para-hydroxylation sites is 2. The molecule has 2 heterocycles. The second kappa shape index (κ2) is 9.40. The van der Waals surface area contributed by atoms with Crippen LogP contribution in [0, 0.1) is 10.1 Å². The van der Waals surface area contributed by atoms with Crippen LogP contribution in [0.2, 0.25) is 0 Å². The van der Waals surface area contributed by atoms with Crippen LogP contribution in [0.5, 0.6) is 0 Å². The highest BCUT2D eigenvalue weighted by molar-refractivity contribution is 5.88. The summed E-state index contributed by atoms with van der Waals surface area (Å²) in [7, 11) is 0. The minimum atomic E-state index is -0.636. The van der Waals surface area contributed by atoms with Gasteiger partial charge in [0, 0.05) is 0 Å². The van der Waals surface area contributed by atoms with Crippen LogP contribution in [0.3, 0.4) is 0 Å². The van der Waals surface area contributed by atoms with E-state index in [1.807, 2.05) is 66.7 Å². The first-order chi connectivity index (χ1) is 17.1. The minimum Gasteiger partial charge on any atom is -0.277 e. The van der Waals surface area contributed by atoms with Crippen molar-refractivity contribution in [3.05, 3.63) is 119 Å². The summed E-state index contributed by atoms with van der Waals surface area (Å²) in [6, 6.07) is 25.8. The van der Waals surface area contributed by atoms with Gasteiger partial charge in [-0.25, -0.2) is 15.0 Å². The predicted molar refractivity (Wildman–Crippen MR) is 130 cm³/mol. The fraction of sp³-hybridized carbons (Fsp3) is 0.0400. The van der Waals surface area contributed by atoms with Crippen LogP contribution in [-0.2, 0) is 4.79 Å². The number of hydrazine groups is 1. The average Bonchev–Trinajstić information content (AvgIpc) is 3.33. The molecule has 10 heteroatoms. The predicted octanol–water partition coefficient (Wildman–Crippen LogP) is 4.00. The topological polar surface area (TPSA) is 128 Å². The molecule has 0 aliphatic rings. The van der Waals surface area contributed by atoms with E-state index in [1.54, 1.807) is 18.2 Å². The van der Waals surface area contributed by atoms with Gasteiger partial charge in [0.2, 0.25) is 17.5 Å². The van der Waals surface area contributed by atoms with Gasteiger partial charge in [0.05, 0.1) is 21.9 Å². The molecule has 3 aromatic carbocycles. The normalized spacial score (nSPS) is 10.9. The Morgan fingerprint density at radius 2 is 1.49 bits per heavy atom. The number of anilines is 1. The lowest BCUT2D eigenvalue weighted by Crippen LogP contribution is -2.35. The van der Waals surface area contributed by atoms with Crippen LogP contribution in [0.15, 0.2) is 97.6 Å². The zero-order chi connectivity index (χ0) is 24.2. The molecule has 2 N–H and O–H groups in total. The van der Waals surface area contributed by atoms with Gasteiger partial charge in [-0.2, -0.15) is 0 Å². The van der Waals surface area contributed by atoms with Gasteiger partial charge in [-0.05, 0) is 23.3 Å². The standard InChI is InChI=1S/C25H19N7O3/c33-25(21(17-9-3-1-4-10-17)18-11-5-2-6-12-18)30-29-23-22(32(34)35)24(27-15-26-23)31-16-28-19-13-7-8-14-20(19)31/h1-16,21H,(H,30,33)(H,26,27,29). The maximum absolute atomic E-state index is 13.3. The number of hydrogen-bond acceptors (Lipinski definition) is 7. The number of rotatable bonds is 7. The van der Waals surface area contributed by atoms with Crippen LogP contribution in [0.25, 0.3) is 16.9 Å². The van der Waals surface area contributed by atoms with Crippen molar-refractivity contribution in [3.63, 3.8) is 0 Å². The SMILES string of the molecule is O=C(NNc1ncnc(-n2cnc3ccccc32)c1[N+](=O)[O-])C(c1ccccc1)c1ccccc1. The van der Waals surface area contributed by atoms with Crippen molar-refractivity contribution < 1.29 is 9.72 Å². The highest BCUT2D eigenvalue weighted by Gasteiger charge is 2.27. The number of nitro groups is 1. The summed E-state index contributed by atoms with van der Waals surface area (Å²) in [5.74, 6) is -1.16. The molecule has 5 aromatic rings. The summed E-state index contributed by atoms with van der Waals surface area (Å²) in [5, 5.41) is 12.0. The zero-order valence-electron chi connectivity index (χ0n) is 18.3.